The number of carbonyl (C=O) groups is 1. The lowest BCUT2D eigenvalue weighted by Gasteiger charge is -2.31. The van der Waals surface area contributed by atoms with Gasteiger partial charge in [-0.25, -0.2) is 22.3 Å². The number of hydrogen-bond donors (Lipinski definition) is 2. The van der Waals surface area contributed by atoms with E-state index in [1.807, 2.05) is 12.1 Å². The molecule has 10 nitrogen and oxygen atoms in total. The average molecular weight is 653 g/mol. The normalized spacial score (nSPS) is 14.9. The monoisotopic (exact) mass is 652 g/mol. The molecule has 1 aliphatic rings. The van der Waals surface area contributed by atoms with Crippen molar-refractivity contribution >= 4 is 26.9 Å². The standard InChI is InChI=1S/C34H45FN6O4S/c1-23(2)13-18-45-34(42)33-32(29-20-27(35)7-10-30(29)37-33)31-22-41(39-38-31)21-26-11-15-40(16-12-26)17-14-36-46(43,44)28-8-5-25(6-9-28)19-24(3)4/h5-10,20,22-24,26,36-37H,11-19,21H2,1-4H3. The topological polar surface area (TPSA) is 122 Å². The Bertz CT molecular complexity index is 1720. The number of carbonyl (C=O) groups excluding carboxylic acids is 1. The molecule has 1 aliphatic heterocycles. The van der Waals surface area contributed by atoms with Gasteiger partial charge in [-0.3, -0.25) is 4.68 Å². The number of piperidine rings is 1. The Hall–Kier alpha value is -3.61. The van der Waals surface area contributed by atoms with E-state index >= 15 is 0 Å². The summed E-state index contributed by atoms with van der Waals surface area (Å²) in [4.78, 5) is 18.7. The van der Waals surface area contributed by atoms with Crippen LogP contribution in [0.2, 0.25) is 0 Å². The van der Waals surface area contributed by atoms with Crippen LogP contribution in [0.3, 0.4) is 0 Å². The summed E-state index contributed by atoms with van der Waals surface area (Å²) in [5, 5.41) is 9.26. The summed E-state index contributed by atoms with van der Waals surface area (Å²) in [5.74, 6) is 0.367. The number of hydrogen-bond acceptors (Lipinski definition) is 7. The van der Waals surface area contributed by atoms with Crippen LogP contribution in [0.5, 0.6) is 0 Å². The van der Waals surface area contributed by atoms with Crippen molar-refractivity contribution in [3.05, 3.63) is 65.7 Å². The van der Waals surface area contributed by atoms with Crippen LogP contribution in [0.15, 0.2) is 53.6 Å². The number of aromatic nitrogens is 4. The van der Waals surface area contributed by atoms with Crippen LogP contribution in [-0.2, 0) is 27.7 Å². The first-order chi connectivity index (χ1) is 22.0. The van der Waals surface area contributed by atoms with Gasteiger partial charge in [0.25, 0.3) is 0 Å². The van der Waals surface area contributed by atoms with E-state index in [1.165, 1.54) is 12.1 Å². The number of aromatic amines is 1. The summed E-state index contributed by atoms with van der Waals surface area (Å²) in [6.07, 6.45) is 5.33. The number of H-pyrrole nitrogens is 1. The van der Waals surface area contributed by atoms with Crippen molar-refractivity contribution in [3.63, 3.8) is 0 Å². The highest BCUT2D eigenvalue weighted by atomic mass is 32.2. The van der Waals surface area contributed by atoms with E-state index in [9.17, 15) is 17.6 Å². The maximum atomic E-state index is 14.2. The van der Waals surface area contributed by atoms with Crippen LogP contribution in [0, 0.1) is 23.6 Å². The van der Waals surface area contributed by atoms with E-state index in [2.05, 4.69) is 52.6 Å². The third-order valence-corrected chi connectivity index (χ3v) is 9.91. The van der Waals surface area contributed by atoms with Gasteiger partial charge in [0.05, 0.1) is 17.7 Å². The summed E-state index contributed by atoms with van der Waals surface area (Å²) in [6.45, 7) is 12.0. The zero-order valence-corrected chi connectivity index (χ0v) is 27.9. The van der Waals surface area contributed by atoms with Crippen LogP contribution in [0.25, 0.3) is 22.2 Å². The Balaban J connectivity index is 1.15. The summed E-state index contributed by atoms with van der Waals surface area (Å²) >= 11 is 0. The number of esters is 1. The number of fused-ring (bicyclic) bond motifs is 1. The lowest BCUT2D eigenvalue weighted by Crippen LogP contribution is -2.40. The number of ether oxygens (including phenoxy) is 1. The van der Waals surface area contributed by atoms with Gasteiger partial charge >= 0.3 is 5.97 Å². The van der Waals surface area contributed by atoms with E-state index in [0.717, 1.165) is 44.3 Å². The molecular weight excluding hydrogens is 607 g/mol. The van der Waals surface area contributed by atoms with Crippen LogP contribution < -0.4 is 4.72 Å². The summed E-state index contributed by atoms with van der Waals surface area (Å²) in [5.41, 5.74) is 2.96. The molecule has 2 aromatic carbocycles. The van der Waals surface area contributed by atoms with Crippen molar-refractivity contribution < 1.29 is 22.3 Å². The number of halogens is 1. The first kappa shape index (κ1) is 33.7. The second-order valence-corrected chi connectivity index (χ2v) is 14.9. The van der Waals surface area contributed by atoms with E-state index in [-0.39, 0.29) is 5.69 Å². The number of nitrogens with zero attached hydrogens (tertiary/aromatic N) is 4. The minimum atomic E-state index is -3.55. The third kappa shape index (κ3) is 8.59. The molecule has 2 aromatic heterocycles. The van der Waals surface area contributed by atoms with Crippen molar-refractivity contribution in [2.75, 3.05) is 32.8 Å². The van der Waals surface area contributed by atoms with Gasteiger partial charge in [-0.05, 0) is 92.4 Å². The molecule has 0 unspecified atom stereocenters. The van der Waals surface area contributed by atoms with E-state index in [0.29, 0.717) is 71.1 Å². The smallest absolute Gasteiger partial charge is 0.355 e. The molecule has 5 rings (SSSR count). The van der Waals surface area contributed by atoms with Gasteiger partial charge in [-0.1, -0.05) is 45.0 Å². The molecule has 248 valence electrons. The van der Waals surface area contributed by atoms with Gasteiger partial charge in [0.15, 0.2) is 0 Å². The maximum absolute atomic E-state index is 14.2. The van der Waals surface area contributed by atoms with E-state index in [1.54, 1.807) is 29.1 Å². The molecule has 1 fully saturated rings. The van der Waals surface area contributed by atoms with Crippen molar-refractivity contribution in [2.45, 2.75) is 64.8 Å². The quantitative estimate of drug-likeness (QED) is 0.169. The molecule has 0 saturated carbocycles. The second kappa shape index (κ2) is 14.9. The highest BCUT2D eigenvalue weighted by Gasteiger charge is 2.25. The summed E-state index contributed by atoms with van der Waals surface area (Å²) in [7, 11) is -3.55. The highest BCUT2D eigenvalue weighted by Crippen LogP contribution is 2.33. The van der Waals surface area contributed by atoms with E-state index < -0.39 is 21.8 Å². The molecule has 0 bridgehead atoms. The minimum Gasteiger partial charge on any atom is -0.461 e. The van der Waals surface area contributed by atoms with Gasteiger partial charge < -0.3 is 14.6 Å². The molecule has 2 N–H and O–H groups in total. The molecule has 0 spiro atoms. The number of rotatable bonds is 14. The highest BCUT2D eigenvalue weighted by molar-refractivity contribution is 7.89. The van der Waals surface area contributed by atoms with Gasteiger partial charge in [0.2, 0.25) is 10.0 Å². The Kier molecular flexibility index (Phi) is 10.9. The maximum Gasteiger partial charge on any atom is 0.355 e. The van der Waals surface area contributed by atoms with Crippen LogP contribution in [0.4, 0.5) is 4.39 Å². The molecule has 0 aliphatic carbocycles. The first-order valence-corrected chi connectivity index (χ1v) is 17.7. The Morgan fingerprint density at radius 2 is 1.83 bits per heavy atom. The fourth-order valence-electron chi connectivity index (χ4n) is 5.90. The molecule has 4 aromatic rings. The lowest BCUT2D eigenvalue weighted by molar-refractivity contribution is 0.0483. The predicted molar refractivity (Wildman–Crippen MR) is 176 cm³/mol. The average Bonchev–Trinajstić information content (AvgIpc) is 3.62. The number of nitrogens with one attached hydrogen (secondary N) is 2. The summed E-state index contributed by atoms with van der Waals surface area (Å²) in [6, 6.07) is 11.5. The summed E-state index contributed by atoms with van der Waals surface area (Å²) < 4.78 is 49.8. The fourth-order valence-corrected chi connectivity index (χ4v) is 6.92. The SMILES string of the molecule is CC(C)CCOC(=O)c1[nH]c2ccc(F)cc2c1-c1cn(CC2CCN(CCNS(=O)(=O)c3ccc(CC(C)C)cc3)CC2)nn1. The molecule has 12 heteroatoms. The van der Waals surface area contributed by atoms with Crippen LogP contribution in [-0.4, -0.2) is 72.1 Å². The number of likely N-dealkylation sites (tertiary alicyclic amines) is 1. The van der Waals surface area contributed by atoms with Crippen LogP contribution >= 0.6 is 0 Å². The molecular formula is C34H45FN6O4S. The number of sulfonamides is 1. The third-order valence-electron chi connectivity index (χ3n) is 8.44. The van der Waals surface area contributed by atoms with E-state index in [4.69, 9.17) is 4.74 Å². The predicted octanol–water partition coefficient (Wildman–Crippen LogP) is 5.66. The zero-order valence-electron chi connectivity index (χ0n) is 27.1. The number of benzene rings is 2. The lowest BCUT2D eigenvalue weighted by atomic mass is 9.97. The molecule has 0 amide bonds. The van der Waals surface area contributed by atoms with Gasteiger partial charge in [-0.15, -0.1) is 5.10 Å². The molecule has 46 heavy (non-hydrogen) atoms. The van der Waals surface area contributed by atoms with Crippen molar-refractivity contribution in [2.24, 2.45) is 17.8 Å². The molecule has 0 radical (unpaired) electrons. The van der Waals surface area contributed by atoms with Crippen molar-refractivity contribution in [1.82, 2.24) is 29.6 Å². The van der Waals surface area contributed by atoms with Crippen LogP contribution in [0.1, 0.15) is 63.0 Å². The van der Waals surface area contributed by atoms with Gasteiger partial charge in [0.1, 0.15) is 17.2 Å². The molecule has 1 saturated heterocycles. The Morgan fingerprint density at radius 1 is 1.09 bits per heavy atom. The zero-order chi connectivity index (χ0) is 32.8. The second-order valence-electron chi connectivity index (χ2n) is 13.1. The molecule has 3 heterocycles. The minimum absolute atomic E-state index is 0.239. The Labute approximate surface area is 270 Å². The fraction of sp³-hybridized carbons (Fsp3) is 0.500. The van der Waals surface area contributed by atoms with Crippen molar-refractivity contribution in [1.29, 1.82) is 0 Å². The largest absolute Gasteiger partial charge is 0.461 e. The van der Waals surface area contributed by atoms with Gasteiger partial charge in [-0.2, -0.15) is 0 Å². The van der Waals surface area contributed by atoms with Gasteiger partial charge in [0, 0.05) is 36.1 Å². The van der Waals surface area contributed by atoms with Crippen molar-refractivity contribution in [3.8, 4) is 11.3 Å². The first-order valence-electron chi connectivity index (χ1n) is 16.2. The Morgan fingerprint density at radius 3 is 2.52 bits per heavy atom. The molecule has 0 atom stereocenters.